The highest BCUT2D eigenvalue weighted by Crippen LogP contribution is 2.16. The van der Waals surface area contributed by atoms with E-state index in [4.69, 9.17) is 20.9 Å². The van der Waals surface area contributed by atoms with Gasteiger partial charge >= 0.3 is 0 Å². The monoisotopic (exact) mass is 448 g/mol. The Kier molecular flexibility index (Phi) is 9.41. The first kappa shape index (κ1) is 25.1. The Morgan fingerprint density at radius 2 is 1.19 bits per heavy atom. The number of carbonyl (C=O) groups excluding carboxylic acids is 2. The van der Waals surface area contributed by atoms with Crippen LogP contribution in [-0.2, 0) is 31.9 Å². The lowest BCUT2D eigenvalue weighted by Gasteiger charge is -2.30. The maximum atomic E-state index is 12.0. The summed E-state index contributed by atoms with van der Waals surface area (Å²) in [7, 11) is 0. The lowest BCUT2D eigenvalue weighted by atomic mass is 10.0. The van der Waals surface area contributed by atoms with Crippen molar-refractivity contribution in [1.29, 1.82) is 0 Å². The van der Waals surface area contributed by atoms with Gasteiger partial charge in [-0.3, -0.25) is 9.59 Å². The van der Waals surface area contributed by atoms with Crippen LogP contribution in [0.4, 0.5) is 0 Å². The summed E-state index contributed by atoms with van der Waals surface area (Å²) in [6.07, 6.45) is -6.11. The molecule has 0 aliphatic rings. The van der Waals surface area contributed by atoms with E-state index in [1.807, 2.05) is 0 Å². The van der Waals surface area contributed by atoms with Gasteiger partial charge in [0.2, 0.25) is 11.8 Å². The molecule has 0 aromatic heterocycles. The molecule has 4 atom stereocenters. The smallest absolute Gasteiger partial charge is 0.249 e. The van der Waals surface area contributed by atoms with Gasteiger partial charge in [0, 0.05) is 0 Å². The number of primary amides is 2. The molecular weight excluding hydrogens is 420 g/mol. The van der Waals surface area contributed by atoms with Crippen molar-refractivity contribution in [3.8, 4) is 11.5 Å². The summed E-state index contributed by atoms with van der Waals surface area (Å²) in [6, 6.07) is 12.7. The second kappa shape index (κ2) is 12.0. The number of phenols is 2. The molecule has 2 rings (SSSR count). The molecule has 2 aromatic rings. The molecule has 0 saturated carbocycles. The van der Waals surface area contributed by atoms with E-state index in [-0.39, 0.29) is 24.7 Å². The predicted octanol–water partition coefficient (Wildman–Crippen LogP) is -0.654. The van der Waals surface area contributed by atoms with Crippen molar-refractivity contribution >= 4 is 11.8 Å². The second-order valence-electron chi connectivity index (χ2n) is 7.20. The molecule has 8 N–H and O–H groups in total. The number of benzene rings is 2. The van der Waals surface area contributed by atoms with Crippen LogP contribution < -0.4 is 11.5 Å². The van der Waals surface area contributed by atoms with E-state index in [9.17, 15) is 30.0 Å². The number of hydrogen-bond donors (Lipinski definition) is 6. The van der Waals surface area contributed by atoms with Crippen molar-refractivity contribution in [1.82, 2.24) is 0 Å². The van der Waals surface area contributed by atoms with Gasteiger partial charge in [-0.05, 0) is 48.2 Å². The minimum absolute atomic E-state index is 0.00951. The molecule has 0 saturated heterocycles. The van der Waals surface area contributed by atoms with Gasteiger partial charge in [-0.2, -0.15) is 0 Å². The topological polar surface area (TPSA) is 186 Å². The first-order valence-electron chi connectivity index (χ1n) is 9.93. The molecule has 10 heteroatoms. The number of nitrogens with two attached hydrogens (primary N) is 2. The number of phenolic OH excluding ortho intramolecular Hbond substituents is 2. The molecule has 0 aliphatic carbocycles. The van der Waals surface area contributed by atoms with E-state index < -0.39 is 36.2 Å². The number of aliphatic hydroxyl groups excluding tert-OH is 2. The minimum Gasteiger partial charge on any atom is -0.508 e. The summed E-state index contributed by atoms with van der Waals surface area (Å²) in [5, 5.41) is 39.0. The van der Waals surface area contributed by atoms with Crippen LogP contribution in [0.5, 0.6) is 11.5 Å². The number of ether oxygens (including phenoxy) is 2. The summed E-state index contributed by atoms with van der Waals surface area (Å²) in [4.78, 5) is 23.4. The number of aliphatic hydroxyl groups is 2. The fraction of sp³-hybridized carbons (Fsp3) is 0.364. The lowest BCUT2D eigenvalue weighted by molar-refractivity contribution is -0.168. The van der Waals surface area contributed by atoms with Gasteiger partial charge in [-0.15, -0.1) is 0 Å². The molecule has 10 nitrogen and oxygen atoms in total. The van der Waals surface area contributed by atoms with Crippen molar-refractivity contribution in [2.24, 2.45) is 11.5 Å². The van der Waals surface area contributed by atoms with E-state index in [1.165, 1.54) is 24.3 Å². The van der Waals surface area contributed by atoms with Crippen molar-refractivity contribution in [2.45, 2.75) is 37.3 Å². The number of hydrogen-bond acceptors (Lipinski definition) is 8. The maximum Gasteiger partial charge on any atom is 0.249 e. The highest BCUT2D eigenvalue weighted by molar-refractivity contribution is 5.81. The zero-order valence-electron chi connectivity index (χ0n) is 17.3. The molecule has 32 heavy (non-hydrogen) atoms. The van der Waals surface area contributed by atoms with E-state index >= 15 is 0 Å². The second-order valence-corrected chi connectivity index (χ2v) is 7.20. The van der Waals surface area contributed by atoms with Crippen molar-refractivity contribution in [3.63, 3.8) is 0 Å². The third kappa shape index (κ3) is 7.50. The number of rotatable bonds is 13. The van der Waals surface area contributed by atoms with Gasteiger partial charge in [-0.25, -0.2) is 0 Å². The van der Waals surface area contributed by atoms with Gasteiger partial charge in [0.15, 0.2) is 12.2 Å². The Bertz CT molecular complexity index is 873. The van der Waals surface area contributed by atoms with E-state index in [2.05, 4.69) is 0 Å². The normalized spacial score (nSPS) is 14.9. The van der Waals surface area contributed by atoms with Gasteiger partial charge in [0.1, 0.15) is 23.7 Å². The third-order valence-electron chi connectivity index (χ3n) is 4.79. The SMILES string of the molecule is NC(=O)[C@@H](O)[C@@H](O)[C@H](OCCc1ccc(O)cc1)[C@@H](OCCc1ccc(O)cc1)C(N)=O. The summed E-state index contributed by atoms with van der Waals surface area (Å²) >= 11 is 0. The number of carbonyl (C=O) groups is 2. The van der Waals surface area contributed by atoms with E-state index in [0.29, 0.717) is 12.8 Å². The summed E-state index contributed by atoms with van der Waals surface area (Å²) in [5.41, 5.74) is 12.1. The molecule has 0 fully saturated rings. The van der Waals surface area contributed by atoms with Crippen LogP contribution in [0.25, 0.3) is 0 Å². The maximum absolute atomic E-state index is 12.0. The zero-order chi connectivity index (χ0) is 23.7. The Morgan fingerprint density at radius 1 is 0.750 bits per heavy atom. The van der Waals surface area contributed by atoms with Crippen molar-refractivity contribution < 1.29 is 39.5 Å². The molecule has 0 spiro atoms. The third-order valence-corrected chi connectivity index (χ3v) is 4.79. The molecule has 0 unspecified atom stereocenters. The highest BCUT2D eigenvalue weighted by atomic mass is 16.6. The largest absolute Gasteiger partial charge is 0.508 e. The fourth-order valence-electron chi connectivity index (χ4n) is 2.99. The molecule has 0 heterocycles. The predicted molar refractivity (Wildman–Crippen MR) is 114 cm³/mol. The van der Waals surface area contributed by atoms with Gasteiger partial charge in [-0.1, -0.05) is 24.3 Å². The Morgan fingerprint density at radius 3 is 1.59 bits per heavy atom. The Hall–Kier alpha value is -3.18. The summed E-state index contributed by atoms with van der Waals surface area (Å²) < 4.78 is 11.2. The lowest BCUT2D eigenvalue weighted by Crippen LogP contribution is -2.55. The van der Waals surface area contributed by atoms with E-state index in [1.54, 1.807) is 24.3 Å². The van der Waals surface area contributed by atoms with Crippen LogP contribution in [0.15, 0.2) is 48.5 Å². The standard InChI is InChI=1S/C22H28N2O8/c23-21(29)18(28)17(27)19(31-11-9-13-1-5-15(25)6-2-13)20(22(24)30)32-12-10-14-3-7-16(26)8-4-14/h1-8,17-20,25-28H,9-12H2,(H2,23,29)(H2,24,30)/t17-,18+,19+,20-/m1/s1. The van der Waals surface area contributed by atoms with Crippen LogP contribution in [-0.4, -0.2) is 69.9 Å². The summed E-state index contributed by atoms with van der Waals surface area (Å²) in [5.74, 6) is -1.95. The molecular formula is C22H28N2O8. The van der Waals surface area contributed by atoms with Crippen LogP contribution in [0.2, 0.25) is 0 Å². The number of amides is 2. The Balaban J connectivity index is 2.07. The van der Waals surface area contributed by atoms with Crippen molar-refractivity contribution in [3.05, 3.63) is 59.7 Å². The van der Waals surface area contributed by atoms with Crippen LogP contribution >= 0.6 is 0 Å². The molecule has 2 amide bonds. The fourth-order valence-corrected chi connectivity index (χ4v) is 2.99. The highest BCUT2D eigenvalue weighted by Gasteiger charge is 2.39. The number of aromatic hydroxyl groups is 2. The minimum atomic E-state index is -2.00. The quantitative estimate of drug-likeness (QED) is 0.233. The Labute approximate surface area is 185 Å². The molecule has 0 radical (unpaired) electrons. The van der Waals surface area contributed by atoms with Crippen LogP contribution in [0, 0.1) is 0 Å². The molecule has 0 bridgehead atoms. The van der Waals surface area contributed by atoms with Crippen molar-refractivity contribution in [2.75, 3.05) is 13.2 Å². The van der Waals surface area contributed by atoms with Gasteiger partial charge in [0.05, 0.1) is 13.2 Å². The van der Waals surface area contributed by atoms with E-state index in [0.717, 1.165) is 11.1 Å². The van der Waals surface area contributed by atoms with Crippen LogP contribution in [0.3, 0.4) is 0 Å². The average Bonchev–Trinajstić information content (AvgIpc) is 2.76. The first-order chi connectivity index (χ1) is 15.2. The molecule has 2 aromatic carbocycles. The average molecular weight is 448 g/mol. The molecule has 0 aliphatic heterocycles. The zero-order valence-corrected chi connectivity index (χ0v) is 17.3. The van der Waals surface area contributed by atoms with Gasteiger partial charge < -0.3 is 41.4 Å². The first-order valence-corrected chi connectivity index (χ1v) is 9.93. The summed E-state index contributed by atoms with van der Waals surface area (Å²) in [6.45, 7) is -0.00131. The van der Waals surface area contributed by atoms with Crippen LogP contribution in [0.1, 0.15) is 11.1 Å². The van der Waals surface area contributed by atoms with Gasteiger partial charge in [0.25, 0.3) is 0 Å². The molecule has 174 valence electrons.